The highest BCUT2D eigenvalue weighted by molar-refractivity contribution is 5.95. The summed E-state index contributed by atoms with van der Waals surface area (Å²) >= 11 is 0. The first-order chi connectivity index (χ1) is 11.2. The normalized spacial score (nSPS) is 11.6. The maximum absolute atomic E-state index is 11.9. The smallest absolute Gasteiger partial charge is 0.244 e. The SMILES string of the molecule is Cl.Cl.N[C@H](CNC(=O)/C=C/c1c[nH]c2ncccc12)c1ccccc1. The number of carbonyl (C=O) groups is 1. The van der Waals surface area contributed by atoms with E-state index in [2.05, 4.69) is 15.3 Å². The molecule has 4 N–H and O–H groups in total. The van der Waals surface area contributed by atoms with Gasteiger partial charge in [0.25, 0.3) is 0 Å². The van der Waals surface area contributed by atoms with Gasteiger partial charge < -0.3 is 16.0 Å². The Kier molecular flexibility index (Phi) is 8.15. The third-order valence-electron chi connectivity index (χ3n) is 3.62. The molecule has 25 heavy (non-hydrogen) atoms. The highest BCUT2D eigenvalue weighted by Gasteiger charge is 2.06. The summed E-state index contributed by atoms with van der Waals surface area (Å²) in [7, 11) is 0. The zero-order valence-electron chi connectivity index (χ0n) is 13.4. The lowest BCUT2D eigenvalue weighted by molar-refractivity contribution is -0.116. The van der Waals surface area contributed by atoms with Crippen LogP contribution in [0.15, 0.2) is 60.9 Å². The molecule has 0 saturated carbocycles. The Hall–Kier alpha value is -2.34. The van der Waals surface area contributed by atoms with E-state index >= 15 is 0 Å². The molecule has 0 bridgehead atoms. The third kappa shape index (κ3) is 5.32. The van der Waals surface area contributed by atoms with E-state index in [9.17, 15) is 4.79 Å². The Labute approximate surface area is 158 Å². The van der Waals surface area contributed by atoms with Crippen molar-refractivity contribution < 1.29 is 4.79 Å². The largest absolute Gasteiger partial charge is 0.351 e. The van der Waals surface area contributed by atoms with E-state index in [1.165, 1.54) is 6.08 Å². The second-order valence-corrected chi connectivity index (χ2v) is 5.24. The summed E-state index contributed by atoms with van der Waals surface area (Å²) in [6, 6.07) is 13.3. The van der Waals surface area contributed by atoms with Crippen LogP contribution in [0.5, 0.6) is 0 Å². The number of nitrogens with one attached hydrogen (secondary N) is 2. The predicted octanol–water partition coefficient (Wildman–Crippen LogP) is 3.24. The lowest BCUT2D eigenvalue weighted by Gasteiger charge is -2.11. The number of benzene rings is 1. The summed E-state index contributed by atoms with van der Waals surface area (Å²) in [4.78, 5) is 19.2. The first-order valence-corrected chi connectivity index (χ1v) is 7.42. The number of carbonyl (C=O) groups excluding carboxylic acids is 1. The van der Waals surface area contributed by atoms with Gasteiger partial charge in [0.05, 0.1) is 0 Å². The minimum absolute atomic E-state index is 0. The summed E-state index contributed by atoms with van der Waals surface area (Å²) in [5.41, 5.74) is 8.79. The van der Waals surface area contributed by atoms with Gasteiger partial charge in [-0.25, -0.2) is 4.98 Å². The van der Waals surface area contributed by atoms with Crippen molar-refractivity contribution in [2.75, 3.05) is 6.54 Å². The highest BCUT2D eigenvalue weighted by Crippen LogP contribution is 2.16. The Balaban J connectivity index is 0.00000156. The van der Waals surface area contributed by atoms with Crippen molar-refractivity contribution in [2.45, 2.75) is 6.04 Å². The van der Waals surface area contributed by atoms with Crippen molar-refractivity contribution in [1.29, 1.82) is 0 Å². The molecule has 5 nitrogen and oxygen atoms in total. The molecule has 0 fully saturated rings. The van der Waals surface area contributed by atoms with Crippen LogP contribution >= 0.6 is 24.8 Å². The number of H-pyrrole nitrogens is 1. The van der Waals surface area contributed by atoms with E-state index in [0.717, 1.165) is 22.2 Å². The molecule has 0 saturated heterocycles. The van der Waals surface area contributed by atoms with Gasteiger partial charge in [0, 0.05) is 42.0 Å². The lowest BCUT2D eigenvalue weighted by Crippen LogP contribution is -2.30. The molecule has 0 radical (unpaired) electrons. The summed E-state index contributed by atoms with van der Waals surface area (Å²) < 4.78 is 0. The Morgan fingerprint density at radius 1 is 1.20 bits per heavy atom. The average molecular weight is 379 g/mol. The number of fused-ring (bicyclic) bond motifs is 1. The monoisotopic (exact) mass is 378 g/mol. The van der Waals surface area contributed by atoms with Gasteiger partial charge >= 0.3 is 0 Å². The minimum Gasteiger partial charge on any atom is -0.351 e. The van der Waals surface area contributed by atoms with Crippen LogP contribution in [0.3, 0.4) is 0 Å². The second kappa shape index (κ2) is 9.84. The number of aromatic nitrogens is 2. The molecule has 0 unspecified atom stereocenters. The predicted molar refractivity (Wildman–Crippen MR) is 106 cm³/mol. The van der Waals surface area contributed by atoms with E-state index in [1.807, 2.05) is 48.7 Å². The van der Waals surface area contributed by atoms with Gasteiger partial charge in [-0.05, 0) is 23.8 Å². The molecule has 3 rings (SSSR count). The van der Waals surface area contributed by atoms with Crippen LogP contribution in [0.2, 0.25) is 0 Å². The van der Waals surface area contributed by atoms with Crippen LogP contribution in [0.1, 0.15) is 17.2 Å². The highest BCUT2D eigenvalue weighted by atomic mass is 35.5. The Morgan fingerprint density at radius 2 is 1.96 bits per heavy atom. The van der Waals surface area contributed by atoms with Gasteiger partial charge in [-0.3, -0.25) is 4.79 Å². The fourth-order valence-corrected chi connectivity index (χ4v) is 2.37. The first kappa shape index (κ1) is 20.7. The van der Waals surface area contributed by atoms with Crippen LogP contribution < -0.4 is 11.1 Å². The van der Waals surface area contributed by atoms with E-state index in [-0.39, 0.29) is 36.8 Å². The van der Waals surface area contributed by atoms with Gasteiger partial charge in [-0.15, -0.1) is 24.8 Å². The molecule has 3 aromatic rings. The number of aromatic amines is 1. The molecule has 2 aromatic heterocycles. The van der Waals surface area contributed by atoms with Gasteiger partial charge in [-0.2, -0.15) is 0 Å². The van der Waals surface area contributed by atoms with Crippen molar-refractivity contribution in [2.24, 2.45) is 5.73 Å². The van der Waals surface area contributed by atoms with Crippen molar-refractivity contribution in [3.8, 4) is 0 Å². The number of hydrogen-bond acceptors (Lipinski definition) is 3. The molecule has 1 aromatic carbocycles. The third-order valence-corrected chi connectivity index (χ3v) is 3.62. The van der Waals surface area contributed by atoms with E-state index in [4.69, 9.17) is 5.73 Å². The molecule has 2 heterocycles. The minimum atomic E-state index is -0.217. The Morgan fingerprint density at radius 3 is 2.72 bits per heavy atom. The summed E-state index contributed by atoms with van der Waals surface area (Å²) in [5, 5.41) is 3.80. The fourth-order valence-electron chi connectivity index (χ4n) is 2.37. The summed E-state index contributed by atoms with van der Waals surface area (Å²) in [6.07, 6.45) is 6.83. The number of nitrogens with two attached hydrogens (primary N) is 1. The maximum Gasteiger partial charge on any atom is 0.244 e. The van der Waals surface area contributed by atoms with Crippen molar-refractivity contribution in [3.05, 3.63) is 72.1 Å². The standard InChI is InChI=1S/C18H18N4O.2ClH/c19-16(13-5-2-1-3-6-13)12-21-17(23)9-8-14-11-22-18-15(14)7-4-10-20-18;;/h1-11,16H,12,19H2,(H,20,22)(H,21,23);2*1H/b9-8+;;/t16-;;/m1../s1. The molecule has 0 spiro atoms. The van der Waals surface area contributed by atoms with Crippen LogP contribution in [-0.2, 0) is 4.79 Å². The van der Waals surface area contributed by atoms with Crippen LogP contribution in [0, 0.1) is 0 Å². The fraction of sp³-hybridized carbons (Fsp3) is 0.111. The van der Waals surface area contributed by atoms with Crippen molar-refractivity contribution in [1.82, 2.24) is 15.3 Å². The molecule has 0 aliphatic heterocycles. The molecular formula is C18H20Cl2N4O. The number of pyridine rings is 1. The van der Waals surface area contributed by atoms with Crippen molar-refractivity contribution in [3.63, 3.8) is 0 Å². The molecule has 1 atom stereocenters. The van der Waals surface area contributed by atoms with Crippen molar-refractivity contribution >= 4 is 47.8 Å². The molecule has 0 aliphatic rings. The van der Waals surface area contributed by atoms with Gasteiger partial charge in [0.1, 0.15) is 5.65 Å². The van der Waals surface area contributed by atoms with E-state index < -0.39 is 0 Å². The van der Waals surface area contributed by atoms with E-state index in [1.54, 1.807) is 12.3 Å². The van der Waals surface area contributed by atoms with Gasteiger partial charge in [0.2, 0.25) is 5.91 Å². The lowest BCUT2D eigenvalue weighted by atomic mass is 10.1. The maximum atomic E-state index is 11.9. The number of rotatable bonds is 5. The van der Waals surface area contributed by atoms with Crippen LogP contribution in [0.4, 0.5) is 0 Å². The van der Waals surface area contributed by atoms with Crippen LogP contribution in [0.25, 0.3) is 17.1 Å². The number of nitrogens with zero attached hydrogens (tertiary/aromatic N) is 1. The molecule has 0 aliphatic carbocycles. The first-order valence-electron chi connectivity index (χ1n) is 7.42. The van der Waals surface area contributed by atoms with Crippen LogP contribution in [-0.4, -0.2) is 22.4 Å². The average Bonchev–Trinajstić information content (AvgIpc) is 3.02. The summed E-state index contributed by atoms with van der Waals surface area (Å²) in [5.74, 6) is -0.172. The zero-order valence-corrected chi connectivity index (χ0v) is 15.0. The molecule has 7 heteroatoms. The number of hydrogen-bond donors (Lipinski definition) is 3. The number of halogens is 2. The van der Waals surface area contributed by atoms with E-state index in [0.29, 0.717) is 6.54 Å². The topological polar surface area (TPSA) is 83.8 Å². The zero-order chi connectivity index (χ0) is 16.1. The Bertz CT molecular complexity index is 833. The second-order valence-electron chi connectivity index (χ2n) is 5.24. The quantitative estimate of drug-likeness (QED) is 0.595. The molecule has 1 amide bonds. The molecule has 132 valence electrons. The number of amides is 1. The van der Waals surface area contributed by atoms with Gasteiger partial charge in [0.15, 0.2) is 0 Å². The summed E-state index contributed by atoms with van der Waals surface area (Å²) in [6.45, 7) is 0.391. The molecular weight excluding hydrogens is 359 g/mol. The van der Waals surface area contributed by atoms with Gasteiger partial charge in [-0.1, -0.05) is 30.3 Å².